The van der Waals surface area contributed by atoms with Gasteiger partial charge >= 0.3 is 12.0 Å². The quantitative estimate of drug-likeness (QED) is 0.531. The summed E-state index contributed by atoms with van der Waals surface area (Å²) in [4.78, 5) is 22.2. The second-order valence-corrected chi connectivity index (χ2v) is 4.22. The summed E-state index contributed by atoms with van der Waals surface area (Å²) in [5, 5.41) is 22.8. The lowest BCUT2D eigenvalue weighted by Gasteiger charge is -2.19. The van der Waals surface area contributed by atoms with Gasteiger partial charge in [-0.1, -0.05) is 19.8 Å². The Morgan fingerprint density at radius 2 is 1.82 bits per heavy atom. The van der Waals surface area contributed by atoms with Gasteiger partial charge in [-0.2, -0.15) is 0 Å². The van der Waals surface area contributed by atoms with Crippen molar-refractivity contribution in [2.45, 2.75) is 58.2 Å². The smallest absolute Gasteiger partial charge is 0.328 e. The van der Waals surface area contributed by atoms with Crippen LogP contribution in [0.3, 0.4) is 0 Å². The lowest BCUT2D eigenvalue weighted by molar-refractivity contribution is -0.141. The molecule has 6 nitrogen and oxygen atoms in total. The minimum absolute atomic E-state index is 0.0154. The molecule has 0 radical (unpaired) electrons. The van der Waals surface area contributed by atoms with Gasteiger partial charge in [-0.3, -0.25) is 0 Å². The van der Waals surface area contributed by atoms with Crippen molar-refractivity contribution in [3.05, 3.63) is 0 Å². The highest BCUT2D eigenvalue weighted by Gasteiger charge is 2.25. The zero-order valence-corrected chi connectivity index (χ0v) is 10.6. The number of aliphatic hydroxyl groups excluding tert-OH is 1. The molecule has 0 aliphatic heterocycles. The van der Waals surface area contributed by atoms with Gasteiger partial charge < -0.3 is 20.8 Å². The SMILES string of the molecule is CCCCC(C)NC(=O)NC(C(=O)O)C(C)O. The van der Waals surface area contributed by atoms with E-state index in [2.05, 4.69) is 17.6 Å². The second kappa shape index (κ2) is 7.89. The van der Waals surface area contributed by atoms with Crippen molar-refractivity contribution in [3.63, 3.8) is 0 Å². The molecule has 0 saturated carbocycles. The molecule has 0 fully saturated rings. The van der Waals surface area contributed by atoms with E-state index in [0.29, 0.717) is 0 Å². The summed E-state index contributed by atoms with van der Waals surface area (Å²) in [5.74, 6) is -1.25. The van der Waals surface area contributed by atoms with Crippen LogP contribution in [-0.2, 0) is 4.79 Å². The molecule has 100 valence electrons. The van der Waals surface area contributed by atoms with E-state index in [1.165, 1.54) is 6.92 Å². The van der Waals surface area contributed by atoms with Crippen molar-refractivity contribution < 1.29 is 19.8 Å². The van der Waals surface area contributed by atoms with Crippen LogP contribution in [0.1, 0.15) is 40.0 Å². The number of carboxylic acid groups (broad SMARTS) is 1. The molecule has 4 N–H and O–H groups in total. The molecule has 0 aliphatic rings. The fourth-order valence-corrected chi connectivity index (χ4v) is 1.38. The number of nitrogens with one attached hydrogen (secondary N) is 2. The summed E-state index contributed by atoms with van der Waals surface area (Å²) in [6, 6.07) is -1.87. The number of rotatable bonds is 7. The molecule has 0 spiro atoms. The number of unbranched alkanes of at least 4 members (excludes halogenated alkanes) is 1. The van der Waals surface area contributed by atoms with Gasteiger partial charge in [0.25, 0.3) is 0 Å². The van der Waals surface area contributed by atoms with Crippen LogP contribution >= 0.6 is 0 Å². The van der Waals surface area contributed by atoms with Crippen molar-refractivity contribution >= 4 is 12.0 Å². The van der Waals surface area contributed by atoms with Crippen molar-refractivity contribution in [2.75, 3.05) is 0 Å². The van der Waals surface area contributed by atoms with Gasteiger partial charge in [0.05, 0.1) is 6.10 Å². The monoisotopic (exact) mass is 246 g/mol. The number of aliphatic hydroxyl groups is 1. The maximum atomic E-state index is 11.4. The van der Waals surface area contributed by atoms with Crippen LogP contribution in [0.2, 0.25) is 0 Å². The fraction of sp³-hybridized carbons (Fsp3) is 0.818. The van der Waals surface area contributed by atoms with Crippen LogP contribution in [0, 0.1) is 0 Å². The third-order valence-electron chi connectivity index (χ3n) is 2.40. The largest absolute Gasteiger partial charge is 0.480 e. The third kappa shape index (κ3) is 6.78. The van der Waals surface area contributed by atoms with Crippen LogP contribution in [0.4, 0.5) is 4.79 Å². The van der Waals surface area contributed by atoms with Gasteiger partial charge in [-0.05, 0) is 20.3 Å². The molecular formula is C11H22N2O4. The Bertz CT molecular complexity index is 256. The summed E-state index contributed by atoms with van der Waals surface area (Å²) in [5.41, 5.74) is 0. The van der Waals surface area contributed by atoms with Crippen LogP contribution in [-0.4, -0.2) is 40.4 Å². The predicted octanol–water partition coefficient (Wildman–Crippen LogP) is 0.698. The van der Waals surface area contributed by atoms with E-state index >= 15 is 0 Å². The number of aliphatic carboxylic acids is 1. The van der Waals surface area contributed by atoms with Crippen molar-refractivity contribution in [2.24, 2.45) is 0 Å². The normalized spacial score (nSPS) is 15.8. The average molecular weight is 246 g/mol. The average Bonchev–Trinajstić information content (AvgIpc) is 2.22. The lowest BCUT2D eigenvalue weighted by atomic mass is 10.1. The summed E-state index contributed by atoms with van der Waals surface area (Å²) < 4.78 is 0. The summed E-state index contributed by atoms with van der Waals surface area (Å²) in [6.07, 6.45) is 1.75. The zero-order chi connectivity index (χ0) is 13.4. The second-order valence-electron chi connectivity index (χ2n) is 4.22. The van der Waals surface area contributed by atoms with E-state index in [4.69, 9.17) is 5.11 Å². The molecule has 0 bridgehead atoms. The van der Waals surface area contributed by atoms with Gasteiger partial charge in [-0.15, -0.1) is 0 Å². The topological polar surface area (TPSA) is 98.7 Å². The summed E-state index contributed by atoms with van der Waals surface area (Å²) in [7, 11) is 0. The van der Waals surface area contributed by atoms with Crippen LogP contribution in [0.25, 0.3) is 0 Å². The van der Waals surface area contributed by atoms with Gasteiger partial charge in [0.2, 0.25) is 0 Å². The van der Waals surface area contributed by atoms with Crippen LogP contribution < -0.4 is 10.6 Å². The summed E-state index contributed by atoms with van der Waals surface area (Å²) in [6.45, 7) is 5.23. The van der Waals surface area contributed by atoms with Gasteiger partial charge in [0.15, 0.2) is 6.04 Å². The number of carbonyl (C=O) groups is 2. The highest BCUT2D eigenvalue weighted by Crippen LogP contribution is 1.99. The molecule has 2 amide bonds. The predicted molar refractivity (Wildman–Crippen MR) is 63.8 cm³/mol. The van der Waals surface area contributed by atoms with E-state index < -0.39 is 24.1 Å². The van der Waals surface area contributed by atoms with Crippen molar-refractivity contribution in [3.8, 4) is 0 Å². The van der Waals surface area contributed by atoms with E-state index in [9.17, 15) is 14.7 Å². The van der Waals surface area contributed by atoms with E-state index in [-0.39, 0.29) is 6.04 Å². The molecule has 3 unspecified atom stereocenters. The molecule has 0 aromatic heterocycles. The number of amides is 2. The molecule has 0 aliphatic carbocycles. The third-order valence-corrected chi connectivity index (χ3v) is 2.40. The molecule has 3 atom stereocenters. The highest BCUT2D eigenvalue weighted by atomic mass is 16.4. The number of hydrogen-bond donors (Lipinski definition) is 4. The molecule has 0 saturated heterocycles. The van der Waals surface area contributed by atoms with Crippen molar-refractivity contribution in [1.82, 2.24) is 10.6 Å². The first kappa shape index (κ1) is 15.7. The van der Waals surface area contributed by atoms with E-state index in [1.54, 1.807) is 0 Å². The Labute approximate surface area is 101 Å². The Hall–Kier alpha value is -1.30. The fourth-order valence-electron chi connectivity index (χ4n) is 1.38. The molecule has 17 heavy (non-hydrogen) atoms. The maximum Gasteiger partial charge on any atom is 0.328 e. The molecular weight excluding hydrogens is 224 g/mol. The number of carbonyl (C=O) groups excluding carboxylic acids is 1. The summed E-state index contributed by atoms with van der Waals surface area (Å²) >= 11 is 0. The molecule has 0 aromatic rings. The molecule has 6 heteroatoms. The lowest BCUT2D eigenvalue weighted by Crippen LogP contribution is -2.52. The highest BCUT2D eigenvalue weighted by molar-refractivity contribution is 5.83. The minimum Gasteiger partial charge on any atom is -0.480 e. The number of hydrogen-bond acceptors (Lipinski definition) is 3. The molecule has 0 heterocycles. The Kier molecular flexibility index (Phi) is 7.29. The first-order valence-corrected chi connectivity index (χ1v) is 5.86. The number of carboxylic acids is 1. The van der Waals surface area contributed by atoms with Crippen molar-refractivity contribution in [1.29, 1.82) is 0 Å². The van der Waals surface area contributed by atoms with E-state index in [1.807, 2.05) is 6.92 Å². The number of urea groups is 1. The van der Waals surface area contributed by atoms with Crippen LogP contribution in [0.15, 0.2) is 0 Å². The van der Waals surface area contributed by atoms with Crippen LogP contribution in [0.5, 0.6) is 0 Å². The Morgan fingerprint density at radius 3 is 2.24 bits per heavy atom. The minimum atomic E-state index is -1.28. The first-order chi connectivity index (χ1) is 7.88. The van der Waals surface area contributed by atoms with Gasteiger partial charge in [0, 0.05) is 6.04 Å². The molecule has 0 rings (SSSR count). The van der Waals surface area contributed by atoms with E-state index in [0.717, 1.165) is 19.3 Å². The standard InChI is InChI=1S/C11H22N2O4/c1-4-5-6-7(2)12-11(17)13-9(8(3)14)10(15)16/h7-9,14H,4-6H2,1-3H3,(H,15,16)(H2,12,13,17). The van der Waals surface area contributed by atoms with Gasteiger partial charge in [0.1, 0.15) is 0 Å². The Morgan fingerprint density at radius 1 is 1.24 bits per heavy atom. The maximum absolute atomic E-state index is 11.4. The Balaban J connectivity index is 4.10. The first-order valence-electron chi connectivity index (χ1n) is 5.86. The zero-order valence-electron chi connectivity index (χ0n) is 10.6. The molecule has 0 aromatic carbocycles. The van der Waals surface area contributed by atoms with Gasteiger partial charge in [-0.25, -0.2) is 9.59 Å².